The Kier molecular flexibility index (Phi) is 8.90. The predicted molar refractivity (Wildman–Crippen MR) is 63.5 cm³/mol. The Morgan fingerprint density at radius 1 is 0.864 bits per heavy atom. The van der Waals surface area contributed by atoms with Crippen molar-refractivity contribution in [3.05, 3.63) is 0 Å². The molecule has 0 radical (unpaired) electrons. The van der Waals surface area contributed by atoms with Gasteiger partial charge >= 0.3 is 23.9 Å². The molecule has 22 heavy (non-hydrogen) atoms. The molecule has 0 spiro atoms. The number of carboxylic acids is 1. The Hall–Kier alpha value is -2.66. The second kappa shape index (κ2) is 10.1. The molecule has 0 aliphatic rings. The Morgan fingerprint density at radius 3 is 1.82 bits per heavy atom. The predicted octanol–water partition coefficient (Wildman–Crippen LogP) is -1.55. The fourth-order valence-corrected chi connectivity index (χ4v) is 1.01. The molecule has 0 rings (SSSR count). The van der Waals surface area contributed by atoms with Gasteiger partial charge in [-0.15, -0.1) is 0 Å². The lowest BCUT2D eigenvalue weighted by molar-refractivity contribution is -0.186. The minimum absolute atomic E-state index is 0.565. The summed E-state index contributed by atoms with van der Waals surface area (Å²) < 4.78 is 4.22. The Bertz CT molecular complexity index is 483. The molecular weight excluding hydrogens is 306 g/mol. The number of esters is 2. The van der Waals surface area contributed by atoms with Gasteiger partial charge in [-0.1, -0.05) is 0 Å². The number of ether oxygens (including phenoxy) is 1. The van der Waals surface area contributed by atoms with E-state index in [-0.39, 0.29) is 0 Å². The van der Waals surface area contributed by atoms with Crippen LogP contribution in [0.25, 0.3) is 0 Å². The standard InChI is InChI=1S/C11H13NO10/c1-20-12-22-11(19)7(14)3-5-9(16)21-8(15)4-2-6(13)10(17)18/h12H,2-5H2,1H3,(H,17,18). The highest BCUT2D eigenvalue weighted by atomic mass is 16.9. The normalized spacial score (nSPS) is 9.68. The van der Waals surface area contributed by atoms with Crippen molar-refractivity contribution in [3.8, 4) is 0 Å². The first kappa shape index (κ1) is 19.3. The molecule has 0 bridgehead atoms. The van der Waals surface area contributed by atoms with E-state index in [4.69, 9.17) is 5.11 Å². The lowest BCUT2D eigenvalue weighted by Gasteiger charge is -2.03. The van der Waals surface area contributed by atoms with Gasteiger partial charge in [-0.05, 0) is 5.64 Å². The van der Waals surface area contributed by atoms with E-state index in [1.54, 1.807) is 5.64 Å². The van der Waals surface area contributed by atoms with Crippen LogP contribution in [0.15, 0.2) is 0 Å². The second-order valence-corrected chi connectivity index (χ2v) is 3.67. The number of nitrogens with one attached hydrogen (secondary N) is 1. The van der Waals surface area contributed by atoms with E-state index in [2.05, 4.69) is 14.4 Å². The SMILES string of the molecule is CONOC(=O)C(=O)CCC(=O)OC(=O)CCC(=O)C(=O)O. The maximum absolute atomic E-state index is 11.2. The topological polar surface area (TPSA) is 162 Å². The summed E-state index contributed by atoms with van der Waals surface area (Å²) in [5.74, 6) is -7.48. The van der Waals surface area contributed by atoms with Crippen molar-refractivity contribution in [1.29, 1.82) is 0 Å². The molecule has 0 aromatic heterocycles. The van der Waals surface area contributed by atoms with Crippen LogP contribution in [0.2, 0.25) is 0 Å². The number of hydrogen-bond acceptors (Lipinski definition) is 10. The summed E-state index contributed by atoms with van der Waals surface area (Å²) in [7, 11) is 1.13. The number of rotatable bonds is 10. The molecule has 0 amide bonds. The van der Waals surface area contributed by atoms with Crippen LogP contribution in [0.1, 0.15) is 25.7 Å². The number of Topliss-reactive ketones (excluding diaryl/α,β-unsaturated/α-hetero) is 2. The molecule has 11 nitrogen and oxygen atoms in total. The van der Waals surface area contributed by atoms with Gasteiger partial charge in [0, 0.05) is 12.8 Å². The highest BCUT2D eigenvalue weighted by Crippen LogP contribution is 2.00. The molecule has 0 saturated heterocycles. The van der Waals surface area contributed by atoms with Crippen molar-refractivity contribution in [2.24, 2.45) is 0 Å². The van der Waals surface area contributed by atoms with Gasteiger partial charge in [0.15, 0.2) is 0 Å². The molecule has 0 aliphatic heterocycles. The first-order valence-electron chi connectivity index (χ1n) is 5.79. The van der Waals surface area contributed by atoms with E-state index in [0.717, 1.165) is 7.11 Å². The Labute approximate surface area is 123 Å². The number of carbonyl (C=O) groups excluding carboxylic acids is 5. The van der Waals surface area contributed by atoms with E-state index < -0.39 is 61.1 Å². The third-order valence-corrected chi connectivity index (χ3v) is 2.02. The van der Waals surface area contributed by atoms with Crippen molar-refractivity contribution in [2.75, 3.05) is 7.11 Å². The smallest absolute Gasteiger partial charge is 0.395 e. The van der Waals surface area contributed by atoms with Crippen molar-refractivity contribution in [2.45, 2.75) is 25.7 Å². The fraction of sp³-hybridized carbons (Fsp3) is 0.455. The summed E-state index contributed by atoms with van der Waals surface area (Å²) in [5, 5.41) is 8.27. The van der Waals surface area contributed by atoms with Crippen molar-refractivity contribution >= 4 is 35.4 Å². The zero-order chi connectivity index (χ0) is 17.1. The van der Waals surface area contributed by atoms with Crippen LogP contribution in [0.4, 0.5) is 0 Å². The van der Waals surface area contributed by atoms with Gasteiger partial charge < -0.3 is 14.7 Å². The summed E-state index contributed by atoms with van der Waals surface area (Å²) in [5.41, 5.74) is 1.66. The van der Waals surface area contributed by atoms with Gasteiger partial charge in [-0.2, -0.15) is 0 Å². The summed E-state index contributed by atoms with van der Waals surface area (Å²) in [4.78, 5) is 73.5. The van der Waals surface area contributed by atoms with Gasteiger partial charge in [0.25, 0.3) is 0 Å². The van der Waals surface area contributed by atoms with E-state index >= 15 is 0 Å². The number of aliphatic carboxylic acids is 1. The van der Waals surface area contributed by atoms with Crippen LogP contribution in [0, 0.1) is 0 Å². The van der Waals surface area contributed by atoms with Crippen molar-refractivity contribution in [1.82, 2.24) is 5.64 Å². The summed E-state index contributed by atoms with van der Waals surface area (Å²) in [6.07, 6.45) is -2.34. The quantitative estimate of drug-likeness (QED) is 0.207. The van der Waals surface area contributed by atoms with Gasteiger partial charge in [0.05, 0.1) is 20.0 Å². The minimum Gasteiger partial charge on any atom is -0.476 e. The largest absolute Gasteiger partial charge is 0.476 e. The highest BCUT2D eigenvalue weighted by molar-refractivity contribution is 6.34. The van der Waals surface area contributed by atoms with E-state index in [0.29, 0.717) is 0 Å². The molecule has 0 unspecified atom stereocenters. The highest BCUT2D eigenvalue weighted by Gasteiger charge is 2.20. The molecule has 0 aromatic rings. The number of carbonyl (C=O) groups is 6. The van der Waals surface area contributed by atoms with Crippen LogP contribution in [-0.2, 0) is 43.2 Å². The summed E-state index contributed by atoms with van der Waals surface area (Å²) in [6, 6.07) is 0. The monoisotopic (exact) mass is 319 g/mol. The molecule has 0 saturated carbocycles. The maximum Gasteiger partial charge on any atom is 0.395 e. The zero-order valence-corrected chi connectivity index (χ0v) is 11.4. The molecule has 122 valence electrons. The lowest BCUT2D eigenvalue weighted by Crippen LogP contribution is -2.26. The first-order chi connectivity index (χ1) is 10.3. The van der Waals surface area contributed by atoms with Crippen LogP contribution in [0.5, 0.6) is 0 Å². The molecular formula is C11H13NO10. The van der Waals surface area contributed by atoms with Crippen LogP contribution in [-0.4, -0.2) is 47.7 Å². The summed E-state index contributed by atoms with van der Waals surface area (Å²) in [6.45, 7) is 0. The second-order valence-electron chi connectivity index (χ2n) is 3.67. The Morgan fingerprint density at radius 2 is 1.36 bits per heavy atom. The third-order valence-electron chi connectivity index (χ3n) is 2.02. The number of hydrogen-bond donors (Lipinski definition) is 2. The van der Waals surface area contributed by atoms with Gasteiger partial charge in [-0.3, -0.25) is 24.0 Å². The molecule has 0 heterocycles. The maximum atomic E-state index is 11.2. The molecule has 11 heteroatoms. The summed E-state index contributed by atoms with van der Waals surface area (Å²) >= 11 is 0. The Balaban J connectivity index is 4.01. The van der Waals surface area contributed by atoms with Gasteiger partial charge in [0.2, 0.25) is 11.6 Å². The molecule has 0 aliphatic carbocycles. The van der Waals surface area contributed by atoms with Gasteiger partial charge in [0.1, 0.15) is 0 Å². The average Bonchev–Trinajstić information content (AvgIpc) is 2.47. The van der Waals surface area contributed by atoms with Gasteiger partial charge in [-0.25, -0.2) is 9.59 Å². The average molecular weight is 319 g/mol. The lowest BCUT2D eigenvalue weighted by atomic mass is 10.2. The molecule has 0 atom stereocenters. The van der Waals surface area contributed by atoms with E-state index in [1.807, 2.05) is 0 Å². The molecule has 2 N–H and O–H groups in total. The van der Waals surface area contributed by atoms with E-state index in [1.165, 1.54) is 0 Å². The van der Waals surface area contributed by atoms with Crippen LogP contribution < -0.4 is 5.64 Å². The fourth-order valence-electron chi connectivity index (χ4n) is 1.01. The van der Waals surface area contributed by atoms with E-state index in [9.17, 15) is 28.8 Å². The number of carboxylic acid groups (broad SMARTS) is 1. The first-order valence-corrected chi connectivity index (χ1v) is 5.79. The minimum atomic E-state index is -1.70. The third kappa shape index (κ3) is 8.50. The van der Waals surface area contributed by atoms with Crippen LogP contribution in [0.3, 0.4) is 0 Å². The molecule has 0 aromatic carbocycles. The number of ketones is 2. The van der Waals surface area contributed by atoms with Crippen molar-refractivity contribution < 1.29 is 48.3 Å². The van der Waals surface area contributed by atoms with Crippen LogP contribution >= 0.6 is 0 Å². The van der Waals surface area contributed by atoms with Crippen molar-refractivity contribution in [3.63, 3.8) is 0 Å². The zero-order valence-electron chi connectivity index (χ0n) is 11.4. The molecule has 0 fully saturated rings.